The molecule has 0 saturated carbocycles. The van der Waals surface area contributed by atoms with Crippen LogP contribution >= 0.6 is 0 Å². The molecular weight excluding hydrogens is 182 g/mol. The van der Waals surface area contributed by atoms with Crippen LogP contribution in [0, 0.1) is 0 Å². The molecule has 0 spiro atoms. The minimum atomic E-state index is -0.859. The zero-order valence-corrected chi connectivity index (χ0v) is 8.87. The van der Waals surface area contributed by atoms with Gasteiger partial charge in [0.05, 0.1) is 11.6 Å². The van der Waals surface area contributed by atoms with Gasteiger partial charge in [0.2, 0.25) is 0 Å². The largest absolute Gasteiger partial charge is 0.391 e. The third-order valence-electron chi connectivity index (χ3n) is 2.70. The van der Waals surface area contributed by atoms with Gasteiger partial charge < -0.3 is 5.11 Å². The maximum atomic E-state index is 11.6. The first-order valence-electron chi connectivity index (χ1n) is 4.53. The van der Waals surface area contributed by atoms with Crippen molar-refractivity contribution in [3.05, 3.63) is 11.6 Å². The van der Waals surface area contributed by atoms with Crippen molar-refractivity contribution in [2.45, 2.75) is 39.3 Å². The van der Waals surface area contributed by atoms with Gasteiger partial charge in [0.15, 0.2) is 0 Å². The molecular formula is C10H15NO3. The molecule has 2 amide bonds. The lowest BCUT2D eigenvalue weighted by Crippen LogP contribution is -2.54. The van der Waals surface area contributed by atoms with Crippen molar-refractivity contribution in [2.24, 2.45) is 0 Å². The molecule has 14 heavy (non-hydrogen) atoms. The van der Waals surface area contributed by atoms with E-state index in [1.807, 2.05) is 0 Å². The Bertz CT molecular complexity index is 315. The number of aliphatic hydroxyl groups excluding tert-OH is 1. The van der Waals surface area contributed by atoms with Crippen LogP contribution in [0.2, 0.25) is 0 Å². The van der Waals surface area contributed by atoms with E-state index in [9.17, 15) is 14.7 Å². The van der Waals surface area contributed by atoms with E-state index in [0.717, 1.165) is 4.90 Å². The van der Waals surface area contributed by atoms with Crippen LogP contribution in [0.5, 0.6) is 0 Å². The van der Waals surface area contributed by atoms with Crippen LogP contribution in [0.3, 0.4) is 0 Å². The average Bonchev–Trinajstić information content (AvgIpc) is 2.26. The number of hydrogen-bond acceptors (Lipinski definition) is 3. The number of amides is 2. The monoisotopic (exact) mass is 197 g/mol. The third kappa shape index (κ3) is 1.46. The molecule has 0 aromatic heterocycles. The van der Waals surface area contributed by atoms with Crippen molar-refractivity contribution >= 4 is 11.8 Å². The molecule has 1 rings (SSSR count). The number of carbonyl (C=O) groups is 2. The third-order valence-corrected chi connectivity index (χ3v) is 2.70. The van der Waals surface area contributed by atoms with Crippen molar-refractivity contribution in [3.8, 4) is 0 Å². The molecule has 0 aromatic rings. The second-order valence-electron chi connectivity index (χ2n) is 4.14. The van der Waals surface area contributed by atoms with E-state index in [-0.39, 0.29) is 11.8 Å². The number of imide groups is 1. The van der Waals surface area contributed by atoms with Crippen LogP contribution in [0.1, 0.15) is 27.7 Å². The molecule has 1 atom stereocenters. The maximum absolute atomic E-state index is 11.6. The van der Waals surface area contributed by atoms with Crippen LogP contribution in [0.25, 0.3) is 0 Å². The van der Waals surface area contributed by atoms with E-state index >= 15 is 0 Å². The second-order valence-corrected chi connectivity index (χ2v) is 4.14. The number of nitrogens with zero attached hydrogens (tertiary/aromatic N) is 1. The molecule has 1 aliphatic heterocycles. The number of aliphatic hydroxyl groups is 1. The Morgan fingerprint density at radius 2 is 1.93 bits per heavy atom. The van der Waals surface area contributed by atoms with Gasteiger partial charge in [-0.15, -0.1) is 0 Å². The van der Waals surface area contributed by atoms with Gasteiger partial charge in [-0.1, -0.05) is 0 Å². The molecule has 0 aliphatic carbocycles. The first-order valence-corrected chi connectivity index (χ1v) is 4.53. The predicted molar refractivity (Wildman–Crippen MR) is 51.4 cm³/mol. The summed E-state index contributed by atoms with van der Waals surface area (Å²) in [6.45, 7) is 6.49. The smallest absolute Gasteiger partial charge is 0.257 e. The Hall–Kier alpha value is -1.16. The van der Waals surface area contributed by atoms with Crippen LogP contribution < -0.4 is 0 Å². The Kier molecular flexibility index (Phi) is 2.50. The molecule has 0 saturated heterocycles. The van der Waals surface area contributed by atoms with Crippen molar-refractivity contribution < 1.29 is 14.7 Å². The van der Waals surface area contributed by atoms with Crippen molar-refractivity contribution in [1.82, 2.24) is 4.90 Å². The Balaban J connectivity index is 3.03. The highest BCUT2D eigenvalue weighted by Gasteiger charge is 2.42. The lowest BCUT2D eigenvalue weighted by molar-refractivity contribution is -0.147. The minimum absolute atomic E-state index is 0.319. The first kappa shape index (κ1) is 10.9. The molecule has 1 N–H and O–H groups in total. The Morgan fingerprint density at radius 1 is 1.43 bits per heavy atom. The maximum Gasteiger partial charge on any atom is 0.257 e. The van der Waals surface area contributed by atoms with Crippen LogP contribution in [0.15, 0.2) is 11.6 Å². The van der Waals surface area contributed by atoms with E-state index in [2.05, 4.69) is 0 Å². The summed E-state index contributed by atoms with van der Waals surface area (Å²) in [6.07, 6.45) is 0.543. The normalized spacial score (nSPS) is 20.1. The Morgan fingerprint density at radius 3 is 2.21 bits per heavy atom. The lowest BCUT2D eigenvalue weighted by Gasteiger charge is -2.36. The summed E-state index contributed by atoms with van der Waals surface area (Å²) in [5.41, 5.74) is -0.439. The highest BCUT2D eigenvalue weighted by Crippen LogP contribution is 2.25. The van der Waals surface area contributed by atoms with Crippen molar-refractivity contribution in [2.75, 3.05) is 0 Å². The van der Waals surface area contributed by atoms with Crippen LogP contribution in [-0.2, 0) is 9.59 Å². The van der Waals surface area contributed by atoms with Gasteiger partial charge in [0, 0.05) is 11.6 Å². The highest BCUT2D eigenvalue weighted by atomic mass is 16.3. The van der Waals surface area contributed by atoms with E-state index < -0.39 is 11.6 Å². The van der Waals surface area contributed by atoms with Gasteiger partial charge in [-0.3, -0.25) is 14.5 Å². The second kappa shape index (κ2) is 3.20. The molecule has 4 heteroatoms. The molecule has 0 fully saturated rings. The zero-order valence-electron chi connectivity index (χ0n) is 8.87. The summed E-state index contributed by atoms with van der Waals surface area (Å²) in [5.74, 6) is -0.667. The highest BCUT2D eigenvalue weighted by molar-refractivity contribution is 6.16. The van der Waals surface area contributed by atoms with E-state index in [1.54, 1.807) is 27.7 Å². The molecule has 0 aromatic carbocycles. The molecule has 4 nitrogen and oxygen atoms in total. The van der Waals surface area contributed by atoms with Crippen molar-refractivity contribution in [1.29, 1.82) is 0 Å². The number of hydrogen-bond donors (Lipinski definition) is 1. The zero-order chi connectivity index (χ0) is 11.1. The van der Waals surface area contributed by atoms with Gasteiger partial charge in [-0.25, -0.2) is 0 Å². The van der Waals surface area contributed by atoms with Gasteiger partial charge in [0.25, 0.3) is 11.8 Å². The summed E-state index contributed by atoms with van der Waals surface area (Å²) >= 11 is 0. The standard InChI is InChI=1S/C10H15NO3/c1-6-5-8(13)11(9(6)14)10(3,4)7(2)12/h5,7,12H,1-4H3. The topological polar surface area (TPSA) is 57.6 Å². The molecule has 1 heterocycles. The molecule has 1 unspecified atom stereocenters. The van der Waals surface area contributed by atoms with Crippen LogP contribution in [0.4, 0.5) is 0 Å². The van der Waals surface area contributed by atoms with Crippen LogP contribution in [-0.4, -0.2) is 33.5 Å². The van der Waals surface area contributed by atoms with E-state index in [1.165, 1.54) is 6.08 Å². The SMILES string of the molecule is CC1=CC(=O)N(C(C)(C)C(C)O)C1=O. The van der Waals surface area contributed by atoms with Gasteiger partial charge >= 0.3 is 0 Å². The Labute approximate surface area is 83.2 Å². The van der Waals surface area contributed by atoms with E-state index in [0.29, 0.717) is 5.57 Å². The van der Waals surface area contributed by atoms with Gasteiger partial charge in [-0.2, -0.15) is 0 Å². The molecule has 0 radical (unpaired) electrons. The predicted octanol–water partition coefficient (Wildman–Crippen LogP) is 0.461. The fourth-order valence-corrected chi connectivity index (χ4v) is 1.32. The molecule has 1 aliphatic rings. The first-order chi connectivity index (χ1) is 6.28. The van der Waals surface area contributed by atoms with Gasteiger partial charge in [0.1, 0.15) is 0 Å². The van der Waals surface area contributed by atoms with Crippen molar-refractivity contribution in [3.63, 3.8) is 0 Å². The average molecular weight is 197 g/mol. The number of carbonyl (C=O) groups excluding carboxylic acids is 2. The molecule has 78 valence electrons. The summed E-state index contributed by atoms with van der Waals surface area (Å²) in [5, 5.41) is 9.49. The van der Waals surface area contributed by atoms with E-state index in [4.69, 9.17) is 0 Å². The quantitative estimate of drug-likeness (QED) is 0.654. The lowest BCUT2D eigenvalue weighted by atomic mass is 9.96. The molecule has 0 bridgehead atoms. The summed E-state index contributed by atoms with van der Waals surface area (Å²) in [6, 6.07) is 0. The summed E-state index contributed by atoms with van der Waals surface area (Å²) < 4.78 is 0. The summed E-state index contributed by atoms with van der Waals surface area (Å²) in [7, 11) is 0. The fraction of sp³-hybridized carbons (Fsp3) is 0.600. The fourth-order valence-electron chi connectivity index (χ4n) is 1.32. The number of rotatable bonds is 2. The minimum Gasteiger partial charge on any atom is -0.391 e. The summed E-state index contributed by atoms with van der Waals surface area (Å²) in [4.78, 5) is 24.2. The van der Waals surface area contributed by atoms with Gasteiger partial charge in [-0.05, 0) is 27.7 Å².